The van der Waals surface area contributed by atoms with Gasteiger partial charge in [0.05, 0.1) is 0 Å². The smallest absolute Gasteiger partial charge is 0.274 e. The van der Waals surface area contributed by atoms with E-state index < -0.39 is 0 Å². The Morgan fingerprint density at radius 2 is 1.59 bits per heavy atom. The third-order valence-corrected chi connectivity index (χ3v) is 5.14. The van der Waals surface area contributed by atoms with Crippen LogP contribution in [0.15, 0.2) is 95.9 Å². The van der Waals surface area contributed by atoms with Gasteiger partial charge in [0, 0.05) is 37.5 Å². The second-order valence-corrected chi connectivity index (χ2v) is 7.55. The van der Waals surface area contributed by atoms with Gasteiger partial charge in [0.1, 0.15) is 0 Å². The van der Waals surface area contributed by atoms with E-state index in [1.165, 1.54) is 0 Å². The fourth-order valence-electron chi connectivity index (χ4n) is 3.48. The quantitative estimate of drug-likeness (QED) is 0.390. The highest BCUT2D eigenvalue weighted by atomic mass is 16.4. The molecule has 0 saturated carbocycles. The summed E-state index contributed by atoms with van der Waals surface area (Å²) in [6.45, 7) is 4.02. The maximum atomic E-state index is 12.9. The molecule has 0 aliphatic heterocycles. The van der Waals surface area contributed by atoms with E-state index in [4.69, 9.17) is 4.42 Å². The van der Waals surface area contributed by atoms with Crippen LogP contribution < -0.4 is 10.2 Å². The zero-order chi connectivity index (χ0) is 22.5. The van der Waals surface area contributed by atoms with E-state index in [-0.39, 0.29) is 11.6 Å². The van der Waals surface area contributed by atoms with E-state index in [0.717, 1.165) is 27.9 Å². The van der Waals surface area contributed by atoms with Crippen LogP contribution in [-0.2, 0) is 0 Å². The number of oxazole rings is 1. The minimum absolute atomic E-state index is 0.252. The van der Waals surface area contributed by atoms with Crippen molar-refractivity contribution in [2.45, 2.75) is 0 Å². The van der Waals surface area contributed by atoms with E-state index in [9.17, 15) is 4.79 Å². The highest BCUT2D eigenvalue weighted by molar-refractivity contribution is 5.98. The fourth-order valence-corrected chi connectivity index (χ4v) is 3.48. The maximum Gasteiger partial charge on any atom is 0.274 e. The molecule has 4 rings (SSSR count). The first-order valence-corrected chi connectivity index (χ1v) is 10.4. The van der Waals surface area contributed by atoms with Crippen LogP contribution in [0.3, 0.4) is 0 Å². The SMILES string of the molecule is C=CCNC(=O)c1nc(-c2ccccc2-c2ccccc2)oc1-c1ccc(N(C)C)cc1. The topological polar surface area (TPSA) is 58.4 Å². The monoisotopic (exact) mass is 423 g/mol. The second-order valence-electron chi connectivity index (χ2n) is 7.55. The van der Waals surface area contributed by atoms with Gasteiger partial charge in [-0.25, -0.2) is 4.98 Å². The van der Waals surface area contributed by atoms with E-state index in [0.29, 0.717) is 18.2 Å². The van der Waals surface area contributed by atoms with Crippen molar-refractivity contribution in [2.75, 3.05) is 25.5 Å². The number of carbonyl (C=O) groups excluding carboxylic acids is 1. The lowest BCUT2D eigenvalue weighted by molar-refractivity contribution is 0.0954. The third kappa shape index (κ3) is 4.32. The number of nitrogens with zero attached hydrogens (tertiary/aromatic N) is 2. The Morgan fingerprint density at radius 3 is 2.25 bits per heavy atom. The molecule has 0 atom stereocenters. The molecule has 1 N–H and O–H groups in total. The first-order chi connectivity index (χ1) is 15.6. The molecule has 5 heteroatoms. The summed E-state index contributed by atoms with van der Waals surface area (Å²) in [5.74, 6) is 0.540. The van der Waals surface area contributed by atoms with Gasteiger partial charge in [-0.2, -0.15) is 0 Å². The Labute approximate surface area is 188 Å². The number of rotatable bonds is 7. The molecule has 1 heterocycles. The van der Waals surface area contributed by atoms with Gasteiger partial charge in [-0.15, -0.1) is 6.58 Å². The van der Waals surface area contributed by atoms with Gasteiger partial charge >= 0.3 is 0 Å². The lowest BCUT2D eigenvalue weighted by Crippen LogP contribution is -2.24. The molecule has 0 saturated heterocycles. The molecule has 0 fully saturated rings. The Hall–Kier alpha value is -4.12. The average molecular weight is 424 g/mol. The summed E-state index contributed by atoms with van der Waals surface area (Å²) in [6, 6.07) is 25.8. The van der Waals surface area contributed by atoms with Crippen molar-refractivity contribution in [3.63, 3.8) is 0 Å². The van der Waals surface area contributed by atoms with Crippen LogP contribution in [0, 0.1) is 0 Å². The van der Waals surface area contributed by atoms with E-state index >= 15 is 0 Å². The molecular formula is C27H25N3O2. The van der Waals surface area contributed by atoms with E-state index in [1.54, 1.807) is 6.08 Å². The van der Waals surface area contributed by atoms with Crippen molar-refractivity contribution in [3.05, 3.63) is 97.2 Å². The zero-order valence-electron chi connectivity index (χ0n) is 18.2. The Bertz CT molecular complexity index is 1230. The van der Waals surface area contributed by atoms with Gasteiger partial charge in [-0.1, -0.05) is 54.6 Å². The molecule has 0 aliphatic carbocycles. The van der Waals surface area contributed by atoms with Crippen LogP contribution in [0.2, 0.25) is 0 Å². The number of aromatic nitrogens is 1. The summed E-state index contributed by atoms with van der Waals surface area (Å²) in [5, 5.41) is 2.81. The molecule has 0 aliphatic rings. The number of carbonyl (C=O) groups is 1. The summed E-state index contributed by atoms with van der Waals surface area (Å²) >= 11 is 0. The van der Waals surface area contributed by atoms with Crippen LogP contribution >= 0.6 is 0 Å². The van der Waals surface area contributed by atoms with Crippen molar-refractivity contribution in [1.29, 1.82) is 0 Å². The van der Waals surface area contributed by atoms with Crippen LogP contribution in [0.4, 0.5) is 5.69 Å². The molecule has 0 spiro atoms. The highest BCUT2D eigenvalue weighted by Gasteiger charge is 2.23. The van der Waals surface area contributed by atoms with Crippen LogP contribution in [0.1, 0.15) is 10.5 Å². The lowest BCUT2D eigenvalue weighted by Gasteiger charge is -2.12. The largest absolute Gasteiger partial charge is 0.435 e. The minimum Gasteiger partial charge on any atom is -0.435 e. The summed E-state index contributed by atoms with van der Waals surface area (Å²) in [5.41, 5.74) is 4.96. The summed E-state index contributed by atoms with van der Waals surface area (Å²) in [6.07, 6.45) is 1.63. The normalized spacial score (nSPS) is 10.6. The van der Waals surface area contributed by atoms with Gasteiger partial charge in [0.2, 0.25) is 5.89 Å². The van der Waals surface area contributed by atoms with Gasteiger partial charge < -0.3 is 14.6 Å². The Balaban J connectivity index is 1.83. The summed E-state index contributed by atoms with van der Waals surface area (Å²) in [4.78, 5) is 19.5. The van der Waals surface area contributed by atoms with Gasteiger partial charge in [-0.3, -0.25) is 4.79 Å². The molecule has 0 bridgehead atoms. The molecule has 3 aromatic carbocycles. The van der Waals surface area contributed by atoms with Crippen LogP contribution in [0.25, 0.3) is 33.9 Å². The number of hydrogen-bond donors (Lipinski definition) is 1. The van der Waals surface area contributed by atoms with Crippen LogP contribution in [-0.4, -0.2) is 31.5 Å². The third-order valence-electron chi connectivity index (χ3n) is 5.14. The second kappa shape index (κ2) is 9.35. The molecule has 0 radical (unpaired) electrons. The first kappa shape index (κ1) is 21.1. The van der Waals surface area contributed by atoms with Crippen molar-refractivity contribution < 1.29 is 9.21 Å². The summed E-state index contributed by atoms with van der Waals surface area (Å²) < 4.78 is 6.24. The number of nitrogens with one attached hydrogen (secondary N) is 1. The van der Waals surface area contributed by atoms with Gasteiger partial charge in [0.15, 0.2) is 11.5 Å². The Morgan fingerprint density at radius 1 is 0.938 bits per heavy atom. The molecule has 1 aromatic heterocycles. The lowest BCUT2D eigenvalue weighted by atomic mass is 10.00. The molecule has 0 unspecified atom stereocenters. The fraction of sp³-hybridized carbons (Fsp3) is 0.111. The molecule has 32 heavy (non-hydrogen) atoms. The maximum absolute atomic E-state index is 12.9. The first-order valence-electron chi connectivity index (χ1n) is 10.4. The average Bonchev–Trinajstić information content (AvgIpc) is 3.28. The van der Waals surface area contributed by atoms with Crippen molar-refractivity contribution >= 4 is 11.6 Å². The number of hydrogen-bond acceptors (Lipinski definition) is 4. The van der Waals surface area contributed by atoms with Gasteiger partial charge in [0.25, 0.3) is 5.91 Å². The molecule has 1 amide bonds. The zero-order valence-corrected chi connectivity index (χ0v) is 18.2. The number of benzene rings is 3. The van der Waals surface area contributed by atoms with E-state index in [1.807, 2.05) is 97.9 Å². The highest BCUT2D eigenvalue weighted by Crippen LogP contribution is 2.35. The van der Waals surface area contributed by atoms with Crippen LogP contribution in [0.5, 0.6) is 0 Å². The Kier molecular flexibility index (Phi) is 6.17. The number of anilines is 1. The van der Waals surface area contributed by atoms with Crippen molar-refractivity contribution in [1.82, 2.24) is 10.3 Å². The predicted octanol–water partition coefficient (Wildman–Crippen LogP) is 5.66. The van der Waals surface area contributed by atoms with Crippen molar-refractivity contribution in [2.24, 2.45) is 0 Å². The molecular weight excluding hydrogens is 398 g/mol. The minimum atomic E-state index is -0.302. The number of amides is 1. The summed E-state index contributed by atoms with van der Waals surface area (Å²) in [7, 11) is 3.96. The van der Waals surface area contributed by atoms with E-state index in [2.05, 4.69) is 16.9 Å². The standard InChI is InChI=1S/C27H25N3O2/c1-4-18-28-26(31)24-25(20-14-16-21(17-15-20)30(2)3)32-27(29-24)23-13-9-8-12-22(23)19-10-6-5-7-11-19/h4-17H,1,18H2,2-3H3,(H,28,31). The van der Waals surface area contributed by atoms with Gasteiger partial charge in [-0.05, 0) is 41.5 Å². The molecule has 160 valence electrons. The molecule has 4 aromatic rings. The predicted molar refractivity (Wildman–Crippen MR) is 130 cm³/mol. The molecule has 5 nitrogen and oxygen atoms in total. The van der Waals surface area contributed by atoms with Crippen molar-refractivity contribution in [3.8, 4) is 33.9 Å².